The highest BCUT2D eigenvalue weighted by Gasteiger charge is 2.10. The Morgan fingerprint density at radius 3 is 2.79 bits per heavy atom. The summed E-state index contributed by atoms with van der Waals surface area (Å²) in [6.45, 7) is 2.87. The summed E-state index contributed by atoms with van der Waals surface area (Å²) in [5, 5.41) is 3.21. The van der Waals surface area contributed by atoms with E-state index in [4.69, 9.17) is 11.2 Å². The Bertz CT molecular complexity index is 327. The average Bonchev–Trinajstić information content (AvgIpc) is 2.26. The minimum Gasteiger partial charge on any atom is -0.496 e. The Labute approximate surface area is 85.3 Å². The second-order valence-electron chi connectivity index (χ2n) is 2.90. The minimum absolute atomic E-state index is 0.0730. The van der Waals surface area contributed by atoms with Crippen molar-refractivity contribution in [3.63, 3.8) is 0 Å². The highest BCUT2D eigenvalue weighted by molar-refractivity contribution is 5.39. The molecule has 0 heterocycles. The summed E-state index contributed by atoms with van der Waals surface area (Å²) >= 11 is 0. The van der Waals surface area contributed by atoms with E-state index in [1.165, 1.54) is 0 Å². The lowest BCUT2D eigenvalue weighted by molar-refractivity contribution is 0.406. The first kappa shape index (κ1) is 10.6. The largest absolute Gasteiger partial charge is 0.496 e. The Morgan fingerprint density at radius 2 is 2.21 bits per heavy atom. The second kappa shape index (κ2) is 5.31. The molecule has 74 valence electrons. The number of rotatable bonds is 4. The van der Waals surface area contributed by atoms with Gasteiger partial charge in [-0.25, -0.2) is 0 Å². The highest BCUT2D eigenvalue weighted by atomic mass is 16.5. The maximum absolute atomic E-state index is 5.45. The third-order valence-corrected chi connectivity index (χ3v) is 2.02. The first-order valence-corrected chi connectivity index (χ1v) is 4.66. The van der Waals surface area contributed by atoms with Gasteiger partial charge in [-0.1, -0.05) is 31.0 Å². The predicted octanol–water partition coefficient (Wildman–Crippen LogP) is 1.98. The molecule has 14 heavy (non-hydrogen) atoms. The van der Waals surface area contributed by atoms with E-state index in [2.05, 4.69) is 11.2 Å². The number of benzene rings is 1. The van der Waals surface area contributed by atoms with E-state index in [1.807, 2.05) is 31.2 Å². The molecule has 1 unspecified atom stereocenters. The van der Waals surface area contributed by atoms with Crippen LogP contribution >= 0.6 is 0 Å². The van der Waals surface area contributed by atoms with Gasteiger partial charge in [-0.05, 0) is 12.6 Å². The minimum atomic E-state index is -0.0730. The van der Waals surface area contributed by atoms with Crippen LogP contribution in [0.25, 0.3) is 0 Å². The van der Waals surface area contributed by atoms with Crippen molar-refractivity contribution in [1.29, 1.82) is 0 Å². The van der Waals surface area contributed by atoms with Crippen LogP contribution in [0.1, 0.15) is 18.5 Å². The van der Waals surface area contributed by atoms with E-state index in [9.17, 15) is 0 Å². The normalized spacial score (nSPS) is 11.8. The van der Waals surface area contributed by atoms with Gasteiger partial charge in [-0.15, -0.1) is 6.42 Å². The van der Waals surface area contributed by atoms with Crippen molar-refractivity contribution in [1.82, 2.24) is 5.32 Å². The van der Waals surface area contributed by atoms with E-state index in [-0.39, 0.29) is 6.04 Å². The van der Waals surface area contributed by atoms with Crippen LogP contribution in [0.4, 0.5) is 0 Å². The SMILES string of the molecule is C#CC(NCC)c1ccccc1OC. The number of hydrogen-bond donors (Lipinski definition) is 1. The zero-order valence-electron chi connectivity index (χ0n) is 8.58. The molecule has 0 aliphatic rings. The van der Waals surface area contributed by atoms with E-state index < -0.39 is 0 Å². The molecule has 0 aliphatic heterocycles. The molecule has 1 N–H and O–H groups in total. The maximum Gasteiger partial charge on any atom is 0.124 e. The Hall–Kier alpha value is -1.46. The van der Waals surface area contributed by atoms with Gasteiger partial charge >= 0.3 is 0 Å². The number of ether oxygens (including phenoxy) is 1. The van der Waals surface area contributed by atoms with E-state index in [0.717, 1.165) is 17.9 Å². The molecule has 0 bridgehead atoms. The van der Waals surface area contributed by atoms with Gasteiger partial charge in [0.1, 0.15) is 5.75 Å². The molecular weight excluding hydrogens is 174 g/mol. The fourth-order valence-corrected chi connectivity index (χ4v) is 1.37. The van der Waals surface area contributed by atoms with Gasteiger partial charge in [0.05, 0.1) is 13.2 Å². The molecule has 1 aromatic carbocycles. The summed E-state index contributed by atoms with van der Waals surface area (Å²) in [5.41, 5.74) is 1.01. The van der Waals surface area contributed by atoms with Crippen molar-refractivity contribution in [2.75, 3.05) is 13.7 Å². The van der Waals surface area contributed by atoms with Crippen molar-refractivity contribution < 1.29 is 4.74 Å². The molecule has 0 amide bonds. The van der Waals surface area contributed by atoms with Gasteiger partial charge in [0, 0.05) is 5.56 Å². The van der Waals surface area contributed by atoms with E-state index in [0.29, 0.717) is 0 Å². The molecule has 1 rings (SSSR count). The first-order chi connectivity index (χ1) is 6.83. The molecule has 1 aromatic rings. The van der Waals surface area contributed by atoms with Crippen molar-refractivity contribution in [2.24, 2.45) is 0 Å². The fourth-order valence-electron chi connectivity index (χ4n) is 1.37. The van der Waals surface area contributed by atoms with Gasteiger partial charge in [-0.3, -0.25) is 0 Å². The molecule has 0 radical (unpaired) electrons. The highest BCUT2D eigenvalue weighted by Crippen LogP contribution is 2.23. The zero-order valence-corrected chi connectivity index (χ0v) is 8.58. The van der Waals surface area contributed by atoms with Crippen LogP contribution in [0.2, 0.25) is 0 Å². The molecule has 1 atom stereocenters. The van der Waals surface area contributed by atoms with Gasteiger partial charge in [-0.2, -0.15) is 0 Å². The molecule has 0 fully saturated rings. The van der Waals surface area contributed by atoms with Gasteiger partial charge < -0.3 is 10.1 Å². The number of nitrogens with one attached hydrogen (secondary N) is 1. The third kappa shape index (κ3) is 2.27. The van der Waals surface area contributed by atoms with Crippen LogP contribution in [-0.4, -0.2) is 13.7 Å². The van der Waals surface area contributed by atoms with E-state index in [1.54, 1.807) is 7.11 Å². The summed E-state index contributed by atoms with van der Waals surface area (Å²) in [6.07, 6.45) is 5.45. The smallest absolute Gasteiger partial charge is 0.124 e. The predicted molar refractivity (Wildman–Crippen MR) is 58.2 cm³/mol. The molecule has 0 spiro atoms. The topological polar surface area (TPSA) is 21.3 Å². The Balaban J connectivity index is 2.97. The Kier molecular flexibility index (Phi) is 4.03. The standard InChI is InChI=1S/C12H15NO/c1-4-11(13-5-2)10-8-6-7-9-12(10)14-3/h1,6-9,11,13H,5H2,2-3H3. The molecule has 2 heteroatoms. The van der Waals surface area contributed by atoms with E-state index >= 15 is 0 Å². The van der Waals surface area contributed by atoms with Crippen molar-refractivity contribution in [2.45, 2.75) is 13.0 Å². The Morgan fingerprint density at radius 1 is 1.50 bits per heavy atom. The number of para-hydroxylation sites is 1. The van der Waals surface area contributed by atoms with Crippen molar-refractivity contribution >= 4 is 0 Å². The first-order valence-electron chi connectivity index (χ1n) is 4.66. The fraction of sp³-hybridized carbons (Fsp3) is 0.333. The second-order valence-corrected chi connectivity index (χ2v) is 2.90. The van der Waals surface area contributed by atoms with Crippen LogP contribution in [0.15, 0.2) is 24.3 Å². The van der Waals surface area contributed by atoms with Gasteiger partial charge in [0.25, 0.3) is 0 Å². The summed E-state index contributed by atoms with van der Waals surface area (Å²) in [4.78, 5) is 0. The summed E-state index contributed by atoms with van der Waals surface area (Å²) in [7, 11) is 1.65. The average molecular weight is 189 g/mol. The summed E-state index contributed by atoms with van der Waals surface area (Å²) < 4.78 is 5.24. The third-order valence-electron chi connectivity index (χ3n) is 2.02. The molecule has 2 nitrogen and oxygen atoms in total. The summed E-state index contributed by atoms with van der Waals surface area (Å²) in [5.74, 6) is 3.53. The monoisotopic (exact) mass is 189 g/mol. The summed E-state index contributed by atoms with van der Waals surface area (Å²) in [6, 6.07) is 7.71. The van der Waals surface area contributed by atoms with Crippen LogP contribution in [0.5, 0.6) is 5.75 Å². The molecule has 0 aromatic heterocycles. The lowest BCUT2D eigenvalue weighted by Gasteiger charge is -2.15. The number of hydrogen-bond acceptors (Lipinski definition) is 2. The van der Waals surface area contributed by atoms with Crippen LogP contribution < -0.4 is 10.1 Å². The van der Waals surface area contributed by atoms with Crippen LogP contribution in [0.3, 0.4) is 0 Å². The van der Waals surface area contributed by atoms with Crippen LogP contribution in [-0.2, 0) is 0 Å². The van der Waals surface area contributed by atoms with Gasteiger partial charge in [0.2, 0.25) is 0 Å². The van der Waals surface area contributed by atoms with Crippen molar-refractivity contribution in [3.05, 3.63) is 29.8 Å². The lowest BCUT2D eigenvalue weighted by atomic mass is 10.1. The molecule has 0 saturated carbocycles. The quantitative estimate of drug-likeness (QED) is 0.731. The number of terminal acetylenes is 1. The van der Waals surface area contributed by atoms with Crippen molar-refractivity contribution in [3.8, 4) is 18.1 Å². The van der Waals surface area contributed by atoms with Gasteiger partial charge in [0.15, 0.2) is 0 Å². The molecule has 0 aliphatic carbocycles. The van der Waals surface area contributed by atoms with Crippen LogP contribution in [0, 0.1) is 12.3 Å². The molecule has 0 saturated heterocycles. The zero-order chi connectivity index (χ0) is 10.4. The lowest BCUT2D eigenvalue weighted by Crippen LogP contribution is -2.19. The maximum atomic E-state index is 5.45. The number of methoxy groups -OCH3 is 1. The molecular formula is C12H15NO.